The molecule has 0 saturated carbocycles. The summed E-state index contributed by atoms with van der Waals surface area (Å²) >= 11 is 0. The van der Waals surface area contributed by atoms with Crippen molar-refractivity contribution in [2.75, 3.05) is 5.32 Å². The smallest absolute Gasteiger partial charge is 0.334 e. The van der Waals surface area contributed by atoms with Crippen LogP contribution in [0.1, 0.15) is 18.5 Å². The Kier molecular flexibility index (Phi) is 4.66. The van der Waals surface area contributed by atoms with Gasteiger partial charge in [0.15, 0.2) is 17.5 Å². The second-order valence-electron chi connectivity index (χ2n) is 5.66. The highest BCUT2D eigenvalue weighted by molar-refractivity contribution is 5.39. The maximum Gasteiger partial charge on any atom is 0.334 e. The summed E-state index contributed by atoms with van der Waals surface area (Å²) in [7, 11) is 0. The normalized spacial score (nSPS) is 12.0. The first kappa shape index (κ1) is 17.5. The van der Waals surface area contributed by atoms with Gasteiger partial charge in [-0.2, -0.15) is 0 Å². The van der Waals surface area contributed by atoms with Crippen molar-refractivity contribution in [2.24, 2.45) is 0 Å². The van der Waals surface area contributed by atoms with Gasteiger partial charge in [0.2, 0.25) is 0 Å². The highest BCUT2D eigenvalue weighted by Crippen LogP contribution is 2.17. The van der Waals surface area contributed by atoms with Crippen molar-refractivity contribution in [2.45, 2.75) is 13.0 Å². The third kappa shape index (κ3) is 3.39. The second-order valence-corrected chi connectivity index (χ2v) is 5.66. The van der Waals surface area contributed by atoms with Crippen molar-refractivity contribution in [3.8, 4) is 5.69 Å². The van der Waals surface area contributed by atoms with Gasteiger partial charge in [0.05, 0.1) is 5.69 Å². The number of hydrogen-bond acceptors (Lipinski definition) is 3. The second kappa shape index (κ2) is 6.91. The summed E-state index contributed by atoms with van der Waals surface area (Å²) in [6.07, 6.45) is 0. The molecule has 0 saturated heterocycles. The van der Waals surface area contributed by atoms with Gasteiger partial charge >= 0.3 is 5.69 Å². The monoisotopic (exact) mass is 361 g/mol. The summed E-state index contributed by atoms with van der Waals surface area (Å²) in [6, 6.07) is 11.4. The van der Waals surface area contributed by atoms with E-state index >= 15 is 0 Å². The molecule has 0 aliphatic heterocycles. The highest BCUT2D eigenvalue weighted by atomic mass is 19.2. The van der Waals surface area contributed by atoms with E-state index in [0.29, 0.717) is 16.7 Å². The maximum absolute atomic E-state index is 13.4. The third-order valence-electron chi connectivity index (χ3n) is 3.83. The van der Waals surface area contributed by atoms with E-state index in [0.717, 1.165) is 11.6 Å². The molecule has 1 aromatic heterocycles. The van der Waals surface area contributed by atoms with E-state index in [1.165, 1.54) is 0 Å². The molecule has 3 rings (SSSR count). The maximum atomic E-state index is 13.4. The van der Waals surface area contributed by atoms with Crippen molar-refractivity contribution < 1.29 is 13.2 Å². The first-order valence-electron chi connectivity index (χ1n) is 7.69. The highest BCUT2D eigenvalue weighted by Gasteiger charge is 2.15. The lowest BCUT2D eigenvalue weighted by Crippen LogP contribution is -2.34. The zero-order valence-corrected chi connectivity index (χ0v) is 13.6. The van der Waals surface area contributed by atoms with Gasteiger partial charge in [-0.05, 0) is 12.5 Å². The van der Waals surface area contributed by atoms with Crippen molar-refractivity contribution in [3.05, 3.63) is 92.4 Å². The number of anilines is 1. The minimum atomic E-state index is -1.67. The molecule has 2 N–H and O–H groups in total. The molecule has 8 heteroatoms. The summed E-state index contributed by atoms with van der Waals surface area (Å²) in [5, 5.41) is 2.97. The molecule has 2 aromatic carbocycles. The van der Waals surface area contributed by atoms with Crippen LogP contribution >= 0.6 is 0 Å². The summed E-state index contributed by atoms with van der Waals surface area (Å²) in [4.78, 5) is 26.9. The number of rotatable bonds is 4. The summed E-state index contributed by atoms with van der Waals surface area (Å²) in [6.45, 7) is 1.84. The zero-order chi connectivity index (χ0) is 18.8. The van der Waals surface area contributed by atoms with E-state index in [2.05, 4.69) is 10.3 Å². The van der Waals surface area contributed by atoms with Crippen molar-refractivity contribution in [1.29, 1.82) is 0 Å². The number of halogens is 3. The Bertz CT molecular complexity index is 1010. The molecular formula is C18H14F3N3O2. The predicted octanol–water partition coefficient (Wildman–Crippen LogP) is 3.12. The number of hydrogen-bond donors (Lipinski definition) is 2. The van der Waals surface area contributed by atoms with Crippen LogP contribution in [0.25, 0.3) is 5.69 Å². The van der Waals surface area contributed by atoms with Crippen LogP contribution in [0.3, 0.4) is 0 Å². The molecule has 0 aliphatic rings. The van der Waals surface area contributed by atoms with E-state index in [1.54, 1.807) is 0 Å². The number of nitrogens with zero attached hydrogens (tertiary/aromatic N) is 1. The fraction of sp³-hybridized carbons (Fsp3) is 0.111. The Hall–Kier alpha value is -3.29. The largest absolute Gasteiger partial charge is 0.365 e. The van der Waals surface area contributed by atoms with Crippen LogP contribution < -0.4 is 16.6 Å². The van der Waals surface area contributed by atoms with Crippen molar-refractivity contribution >= 4 is 5.82 Å². The molecule has 1 heterocycles. The number of aromatic nitrogens is 2. The van der Waals surface area contributed by atoms with Gasteiger partial charge in [0.25, 0.3) is 5.56 Å². The van der Waals surface area contributed by atoms with Crippen LogP contribution in [-0.2, 0) is 0 Å². The average Bonchev–Trinajstić information content (AvgIpc) is 2.59. The molecular weight excluding hydrogens is 347 g/mol. The Labute approximate surface area is 145 Å². The van der Waals surface area contributed by atoms with Gasteiger partial charge in [-0.1, -0.05) is 30.3 Å². The first-order valence-corrected chi connectivity index (χ1v) is 7.69. The molecule has 134 valence electrons. The summed E-state index contributed by atoms with van der Waals surface area (Å²) in [5.74, 6) is -4.51. The van der Waals surface area contributed by atoms with Crippen LogP contribution in [0.5, 0.6) is 0 Å². The van der Waals surface area contributed by atoms with E-state index < -0.39 is 34.4 Å². The number of nitrogens with one attached hydrogen (secondary N) is 2. The van der Waals surface area contributed by atoms with E-state index in [9.17, 15) is 22.8 Å². The van der Waals surface area contributed by atoms with Crippen LogP contribution in [-0.4, -0.2) is 9.55 Å². The standard InChI is InChI=1S/C18H14F3N3O2/c1-10(11-5-3-2-4-6-11)22-15-9-16(25)24(18(26)23-15)12-7-13(19)17(21)14(20)8-12/h2-10,22H,1H3,(H,23,26)/t10-/m0/s1. The molecule has 0 spiro atoms. The molecule has 0 radical (unpaired) electrons. The van der Waals surface area contributed by atoms with Crippen LogP contribution in [0.2, 0.25) is 0 Å². The van der Waals surface area contributed by atoms with Gasteiger partial charge in [0, 0.05) is 24.2 Å². The molecule has 0 aliphatic carbocycles. The van der Waals surface area contributed by atoms with Crippen molar-refractivity contribution in [1.82, 2.24) is 9.55 Å². The van der Waals surface area contributed by atoms with Crippen LogP contribution in [0.4, 0.5) is 19.0 Å². The van der Waals surface area contributed by atoms with Crippen LogP contribution in [0, 0.1) is 17.5 Å². The first-order chi connectivity index (χ1) is 12.4. The minimum Gasteiger partial charge on any atom is -0.365 e. The van der Waals surface area contributed by atoms with Gasteiger partial charge in [0.1, 0.15) is 5.82 Å². The lowest BCUT2D eigenvalue weighted by atomic mass is 10.1. The number of H-pyrrole nitrogens is 1. The van der Waals surface area contributed by atoms with E-state index in [1.807, 2.05) is 37.3 Å². The molecule has 26 heavy (non-hydrogen) atoms. The lowest BCUT2D eigenvalue weighted by molar-refractivity contribution is 0.446. The van der Waals surface area contributed by atoms with Gasteiger partial charge in [-0.3, -0.25) is 9.78 Å². The molecule has 0 fully saturated rings. The Morgan fingerprint density at radius 2 is 1.62 bits per heavy atom. The van der Waals surface area contributed by atoms with Gasteiger partial charge < -0.3 is 5.32 Å². The molecule has 0 bridgehead atoms. The molecule has 0 unspecified atom stereocenters. The topological polar surface area (TPSA) is 66.9 Å². The lowest BCUT2D eigenvalue weighted by Gasteiger charge is -2.15. The third-order valence-corrected chi connectivity index (χ3v) is 3.83. The molecule has 3 aromatic rings. The predicted molar refractivity (Wildman–Crippen MR) is 91.0 cm³/mol. The average molecular weight is 361 g/mol. The molecule has 1 atom stereocenters. The Balaban J connectivity index is 1.97. The summed E-state index contributed by atoms with van der Waals surface area (Å²) < 4.78 is 40.3. The van der Waals surface area contributed by atoms with Crippen molar-refractivity contribution in [3.63, 3.8) is 0 Å². The molecule has 0 amide bonds. The quantitative estimate of drug-likeness (QED) is 0.702. The Morgan fingerprint density at radius 1 is 1.00 bits per heavy atom. The number of aromatic amines is 1. The van der Waals surface area contributed by atoms with Crippen LogP contribution in [0.15, 0.2) is 58.1 Å². The summed E-state index contributed by atoms with van der Waals surface area (Å²) in [5.41, 5.74) is -1.21. The number of benzene rings is 2. The van der Waals surface area contributed by atoms with Gasteiger partial charge in [-0.15, -0.1) is 0 Å². The fourth-order valence-corrected chi connectivity index (χ4v) is 2.55. The van der Waals surface area contributed by atoms with Gasteiger partial charge in [-0.25, -0.2) is 22.5 Å². The SMILES string of the molecule is C[C@H](Nc1cc(=O)n(-c2cc(F)c(F)c(F)c2)c(=O)[nH]1)c1ccccc1. The Morgan fingerprint density at radius 3 is 2.19 bits per heavy atom. The minimum absolute atomic E-state index is 0.149. The van der Waals surface area contributed by atoms with E-state index in [-0.39, 0.29) is 11.9 Å². The van der Waals surface area contributed by atoms with E-state index in [4.69, 9.17) is 0 Å². The fourth-order valence-electron chi connectivity index (χ4n) is 2.55. The molecule has 5 nitrogen and oxygen atoms in total. The zero-order valence-electron chi connectivity index (χ0n) is 13.6.